The molecule has 1 aliphatic rings. The molecule has 0 unspecified atom stereocenters. The lowest BCUT2D eigenvalue weighted by Gasteiger charge is -2.23. The van der Waals surface area contributed by atoms with E-state index in [-0.39, 0.29) is 5.92 Å². The molecule has 21 heavy (non-hydrogen) atoms. The van der Waals surface area contributed by atoms with Crippen LogP contribution < -0.4 is 0 Å². The second kappa shape index (κ2) is 5.82. The maximum Gasteiger partial charge on any atom is 0.407 e. The molecule has 0 saturated heterocycles. The summed E-state index contributed by atoms with van der Waals surface area (Å²) < 4.78 is 0. The highest BCUT2D eigenvalue weighted by molar-refractivity contribution is 7.80. The minimum absolute atomic E-state index is 0.105. The molecule has 0 aromatic heterocycles. The Kier molecular flexibility index (Phi) is 3.88. The molecular weight excluding hydrogens is 282 g/mol. The zero-order valence-corrected chi connectivity index (χ0v) is 12.5. The predicted octanol–water partition coefficient (Wildman–Crippen LogP) is 3.71. The number of rotatable bonds is 4. The van der Waals surface area contributed by atoms with Crippen LogP contribution in [0, 0.1) is 0 Å². The third kappa shape index (κ3) is 2.51. The lowest BCUT2D eigenvalue weighted by molar-refractivity contribution is 0.147. The third-order valence-electron chi connectivity index (χ3n) is 4.01. The molecule has 0 fully saturated rings. The fourth-order valence-corrected chi connectivity index (χ4v) is 3.30. The molecule has 0 radical (unpaired) electrons. The molecule has 0 spiro atoms. The maximum atomic E-state index is 11.4. The highest BCUT2D eigenvalue weighted by atomic mass is 32.1. The Bertz CT molecular complexity index is 626. The topological polar surface area (TPSA) is 40.5 Å². The molecule has 0 aliphatic heterocycles. The summed E-state index contributed by atoms with van der Waals surface area (Å²) >= 11 is 4.16. The van der Waals surface area contributed by atoms with E-state index >= 15 is 0 Å². The van der Waals surface area contributed by atoms with Gasteiger partial charge in [-0.15, -0.1) is 0 Å². The fraction of sp³-hybridized carbons (Fsp3) is 0.235. The van der Waals surface area contributed by atoms with Gasteiger partial charge in [-0.05, 0) is 22.3 Å². The van der Waals surface area contributed by atoms with Crippen LogP contribution in [0.5, 0.6) is 0 Å². The zero-order valence-electron chi connectivity index (χ0n) is 11.6. The SMILES string of the molecule is O=C(O)N(CCS)CC1c2ccccc2-c2ccccc21. The minimum atomic E-state index is -0.883. The van der Waals surface area contributed by atoms with Crippen LogP contribution in [-0.4, -0.2) is 34.9 Å². The molecule has 1 amide bonds. The van der Waals surface area contributed by atoms with E-state index in [1.807, 2.05) is 24.3 Å². The standard InChI is InChI=1S/C17H17NO2S/c19-17(20)18(9-10-21)11-16-14-7-3-1-5-12(14)13-6-2-4-8-15(13)16/h1-8,16,21H,9-11H2,(H,19,20). The number of nitrogens with zero attached hydrogens (tertiary/aromatic N) is 1. The average Bonchev–Trinajstić information content (AvgIpc) is 2.81. The zero-order chi connectivity index (χ0) is 14.8. The van der Waals surface area contributed by atoms with Gasteiger partial charge in [-0.25, -0.2) is 4.79 Å². The highest BCUT2D eigenvalue weighted by Gasteiger charge is 2.30. The lowest BCUT2D eigenvalue weighted by Crippen LogP contribution is -2.35. The number of hydrogen-bond acceptors (Lipinski definition) is 2. The van der Waals surface area contributed by atoms with Crippen LogP contribution in [-0.2, 0) is 0 Å². The molecule has 0 saturated carbocycles. The van der Waals surface area contributed by atoms with Crippen LogP contribution in [0.15, 0.2) is 48.5 Å². The van der Waals surface area contributed by atoms with E-state index in [4.69, 9.17) is 0 Å². The largest absolute Gasteiger partial charge is 0.465 e. The summed E-state index contributed by atoms with van der Waals surface area (Å²) in [5, 5.41) is 9.35. The van der Waals surface area contributed by atoms with E-state index in [0.717, 1.165) is 0 Å². The Morgan fingerprint density at radius 3 is 2.05 bits per heavy atom. The highest BCUT2D eigenvalue weighted by Crippen LogP contribution is 2.44. The third-order valence-corrected chi connectivity index (χ3v) is 4.21. The van der Waals surface area contributed by atoms with Crippen molar-refractivity contribution >= 4 is 18.7 Å². The summed E-state index contributed by atoms with van der Waals surface area (Å²) in [4.78, 5) is 12.8. The first kappa shape index (κ1) is 14.0. The summed E-state index contributed by atoms with van der Waals surface area (Å²) in [5.74, 6) is 0.635. The fourth-order valence-electron chi connectivity index (χ4n) is 3.06. The van der Waals surface area contributed by atoms with E-state index in [1.165, 1.54) is 27.2 Å². The van der Waals surface area contributed by atoms with Crippen LogP contribution in [0.4, 0.5) is 4.79 Å². The van der Waals surface area contributed by atoms with E-state index in [0.29, 0.717) is 18.8 Å². The number of hydrogen-bond donors (Lipinski definition) is 2. The molecule has 2 aromatic rings. The van der Waals surface area contributed by atoms with Crippen molar-refractivity contribution in [3.63, 3.8) is 0 Å². The molecule has 0 atom stereocenters. The molecule has 0 heterocycles. The summed E-state index contributed by atoms with van der Waals surface area (Å²) in [6.07, 6.45) is -0.883. The molecule has 0 bridgehead atoms. The Morgan fingerprint density at radius 1 is 1.05 bits per heavy atom. The van der Waals surface area contributed by atoms with Gasteiger partial charge in [0, 0.05) is 24.8 Å². The predicted molar refractivity (Wildman–Crippen MR) is 87.2 cm³/mol. The van der Waals surface area contributed by atoms with Crippen molar-refractivity contribution < 1.29 is 9.90 Å². The van der Waals surface area contributed by atoms with Crippen molar-refractivity contribution in [1.29, 1.82) is 0 Å². The molecule has 3 nitrogen and oxygen atoms in total. The van der Waals surface area contributed by atoms with Crippen molar-refractivity contribution in [2.75, 3.05) is 18.8 Å². The van der Waals surface area contributed by atoms with Crippen molar-refractivity contribution in [3.8, 4) is 11.1 Å². The van der Waals surface area contributed by atoms with E-state index in [2.05, 4.69) is 36.9 Å². The molecular formula is C17H17NO2S. The molecule has 4 heteroatoms. The first-order valence-corrected chi connectivity index (χ1v) is 7.62. The Balaban J connectivity index is 2.00. The number of carboxylic acid groups (broad SMARTS) is 1. The van der Waals surface area contributed by atoms with Crippen molar-refractivity contribution in [2.24, 2.45) is 0 Å². The second-order valence-corrected chi connectivity index (χ2v) is 5.63. The van der Waals surface area contributed by atoms with Gasteiger partial charge < -0.3 is 10.0 Å². The number of carbonyl (C=O) groups is 1. The molecule has 108 valence electrons. The van der Waals surface area contributed by atoms with Gasteiger partial charge in [0.15, 0.2) is 0 Å². The maximum absolute atomic E-state index is 11.4. The van der Waals surface area contributed by atoms with Gasteiger partial charge in [-0.3, -0.25) is 0 Å². The van der Waals surface area contributed by atoms with Gasteiger partial charge in [0.2, 0.25) is 0 Å². The van der Waals surface area contributed by atoms with Crippen molar-refractivity contribution in [2.45, 2.75) is 5.92 Å². The molecule has 3 rings (SSSR count). The number of thiol groups is 1. The van der Waals surface area contributed by atoms with Crippen molar-refractivity contribution in [3.05, 3.63) is 59.7 Å². The number of benzene rings is 2. The van der Waals surface area contributed by atoms with Crippen LogP contribution in [0.1, 0.15) is 17.0 Å². The normalized spacial score (nSPS) is 12.8. The monoisotopic (exact) mass is 299 g/mol. The number of amides is 1. The van der Waals surface area contributed by atoms with Crippen molar-refractivity contribution in [1.82, 2.24) is 4.90 Å². The van der Waals surface area contributed by atoms with Gasteiger partial charge in [-0.2, -0.15) is 12.6 Å². The van der Waals surface area contributed by atoms with Crippen LogP contribution in [0.25, 0.3) is 11.1 Å². The second-order valence-electron chi connectivity index (χ2n) is 5.18. The van der Waals surface area contributed by atoms with Gasteiger partial charge >= 0.3 is 6.09 Å². The first-order valence-electron chi connectivity index (χ1n) is 6.99. The summed E-state index contributed by atoms with van der Waals surface area (Å²) in [5.41, 5.74) is 4.86. The van der Waals surface area contributed by atoms with E-state index < -0.39 is 6.09 Å². The quantitative estimate of drug-likeness (QED) is 0.845. The van der Waals surface area contributed by atoms with Gasteiger partial charge in [-0.1, -0.05) is 48.5 Å². The lowest BCUT2D eigenvalue weighted by atomic mass is 9.96. The molecule has 1 N–H and O–H groups in total. The van der Waals surface area contributed by atoms with Gasteiger partial charge in [0.1, 0.15) is 0 Å². The Hall–Kier alpha value is -1.94. The van der Waals surface area contributed by atoms with Crippen LogP contribution >= 0.6 is 12.6 Å². The first-order chi connectivity index (χ1) is 10.2. The Labute approximate surface area is 129 Å². The van der Waals surface area contributed by atoms with Gasteiger partial charge in [0.05, 0.1) is 0 Å². The van der Waals surface area contributed by atoms with Gasteiger partial charge in [0.25, 0.3) is 0 Å². The smallest absolute Gasteiger partial charge is 0.407 e. The van der Waals surface area contributed by atoms with E-state index in [9.17, 15) is 9.90 Å². The molecule has 2 aromatic carbocycles. The Morgan fingerprint density at radius 2 is 1.57 bits per heavy atom. The summed E-state index contributed by atoms with van der Waals surface area (Å²) in [7, 11) is 0. The summed E-state index contributed by atoms with van der Waals surface area (Å²) in [6, 6.07) is 16.5. The van der Waals surface area contributed by atoms with Crippen LogP contribution in [0.2, 0.25) is 0 Å². The summed E-state index contributed by atoms with van der Waals surface area (Å²) in [6.45, 7) is 0.920. The molecule has 1 aliphatic carbocycles. The van der Waals surface area contributed by atoms with Crippen LogP contribution in [0.3, 0.4) is 0 Å². The van der Waals surface area contributed by atoms with E-state index in [1.54, 1.807) is 0 Å². The number of fused-ring (bicyclic) bond motifs is 3. The average molecular weight is 299 g/mol. The minimum Gasteiger partial charge on any atom is -0.465 e.